The Kier molecular flexibility index (Phi) is 5.17. The highest BCUT2D eigenvalue weighted by atomic mass is 32.1. The first-order valence-corrected chi connectivity index (χ1v) is 7.71. The Hall–Kier alpha value is -2.61. The number of benzene rings is 1. The van der Waals surface area contributed by atoms with Gasteiger partial charge in [0.05, 0.1) is 12.8 Å². The summed E-state index contributed by atoms with van der Waals surface area (Å²) >= 11 is 1.37. The molecule has 1 atom stereocenters. The molecule has 7 nitrogen and oxygen atoms in total. The number of rotatable bonds is 5. The Morgan fingerprint density at radius 3 is 2.52 bits per heavy atom. The number of hydrogen-bond acceptors (Lipinski definition) is 5. The summed E-state index contributed by atoms with van der Waals surface area (Å²) in [5.41, 5.74) is 6.73. The van der Waals surface area contributed by atoms with Crippen molar-refractivity contribution in [2.45, 2.75) is 19.9 Å². The molecule has 0 fully saturated rings. The standard InChI is InChI=1S/C15H18N4O3S/c1-8(17-14(16)21)13(20)19-15-18-12(9(2)23-15)10-4-6-11(22-3)7-5-10/h4-8H,1-3H3,(H3,16,17,21)(H,18,19,20). The maximum atomic E-state index is 12.0. The molecule has 8 heteroatoms. The normalized spacial score (nSPS) is 11.6. The van der Waals surface area contributed by atoms with Gasteiger partial charge in [-0.25, -0.2) is 9.78 Å². The van der Waals surface area contributed by atoms with Crippen molar-refractivity contribution < 1.29 is 14.3 Å². The van der Waals surface area contributed by atoms with Gasteiger partial charge in [0.25, 0.3) is 0 Å². The van der Waals surface area contributed by atoms with Crippen LogP contribution in [0.3, 0.4) is 0 Å². The molecule has 1 aromatic carbocycles. The summed E-state index contributed by atoms with van der Waals surface area (Å²) in [6, 6.07) is 6.03. The number of carbonyl (C=O) groups is 2. The van der Waals surface area contributed by atoms with Gasteiger partial charge in [-0.3, -0.25) is 4.79 Å². The quantitative estimate of drug-likeness (QED) is 0.778. The highest BCUT2D eigenvalue weighted by molar-refractivity contribution is 7.16. The van der Waals surface area contributed by atoms with Crippen LogP contribution in [-0.2, 0) is 4.79 Å². The van der Waals surface area contributed by atoms with Gasteiger partial charge in [0.2, 0.25) is 5.91 Å². The number of nitrogens with zero attached hydrogens (tertiary/aromatic N) is 1. The lowest BCUT2D eigenvalue weighted by Gasteiger charge is -2.10. The Morgan fingerprint density at radius 2 is 1.96 bits per heavy atom. The Labute approximate surface area is 137 Å². The average molecular weight is 334 g/mol. The first-order valence-electron chi connectivity index (χ1n) is 6.89. The van der Waals surface area contributed by atoms with E-state index < -0.39 is 12.1 Å². The third-order valence-electron chi connectivity index (χ3n) is 3.14. The molecular formula is C15H18N4O3S. The molecule has 1 heterocycles. The van der Waals surface area contributed by atoms with Crippen LogP contribution in [0, 0.1) is 6.92 Å². The number of nitrogens with two attached hydrogens (primary N) is 1. The van der Waals surface area contributed by atoms with Gasteiger partial charge in [-0.05, 0) is 38.1 Å². The summed E-state index contributed by atoms with van der Waals surface area (Å²) in [6.07, 6.45) is 0. The molecule has 0 bridgehead atoms. The number of ether oxygens (including phenoxy) is 1. The molecule has 1 aromatic heterocycles. The molecule has 2 rings (SSSR count). The van der Waals surface area contributed by atoms with E-state index >= 15 is 0 Å². The first kappa shape index (κ1) is 16.8. The van der Waals surface area contributed by atoms with Crippen molar-refractivity contribution in [2.75, 3.05) is 12.4 Å². The molecule has 23 heavy (non-hydrogen) atoms. The van der Waals surface area contributed by atoms with E-state index in [-0.39, 0.29) is 5.91 Å². The molecular weight excluding hydrogens is 316 g/mol. The van der Waals surface area contributed by atoms with Crippen LogP contribution in [0.1, 0.15) is 11.8 Å². The van der Waals surface area contributed by atoms with Gasteiger partial charge in [0.15, 0.2) is 5.13 Å². The van der Waals surface area contributed by atoms with Gasteiger partial charge < -0.3 is 21.1 Å². The number of primary amides is 1. The van der Waals surface area contributed by atoms with Gasteiger partial charge in [-0.2, -0.15) is 0 Å². The minimum absolute atomic E-state index is 0.376. The second kappa shape index (κ2) is 7.10. The number of nitrogens with one attached hydrogen (secondary N) is 2. The van der Waals surface area contributed by atoms with Crippen molar-refractivity contribution in [1.82, 2.24) is 10.3 Å². The lowest BCUT2D eigenvalue weighted by atomic mass is 10.1. The van der Waals surface area contributed by atoms with Crippen molar-refractivity contribution in [2.24, 2.45) is 5.73 Å². The fourth-order valence-electron chi connectivity index (χ4n) is 1.96. The number of amides is 3. The van der Waals surface area contributed by atoms with Crippen molar-refractivity contribution in [3.8, 4) is 17.0 Å². The van der Waals surface area contributed by atoms with Crippen molar-refractivity contribution in [1.29, 1.82) is 0 Å². The monoisotopic (exact) mass is 334 g/mol. The Morgan fingerprint density at radius 1 is 1.30 bits per heavy atom. The zero-order valence-corrected chi connectivity index (χ0v) is 13.9. The fourth-order valence-corrected chi connectivity index (χ4v) is 2.80. The highest BCUT2D eigenvalue weighted by Crippen LogP contribution is 2.31. The van der Waals surface area contributed by atoms with Crippen molar-refractivity contribution in [3.63, 3.8) is 0 Å². The van der Waals surface area contributed by atoms with Gasteiger partial charge in [0.1, 0.15) is 11.8 Å². The molecule has 2 aromatic rings. The fraction of sp³-hybridized carbons (Fsp3) is 0.267. The second-order valence-corrected chi connectivity index (χ2v) is 6.08. The first-order chi connectivity index (χ1) is 10.9. The zero-order valence-electron chi connectivity index (χ0n) is 13.0. The van der Waals surface area contributed by atoms with E-state index in [4.69, 9.17) is 10.5 Å². The van der Waals surface area contributed by atoms with E-state index in [1.54, 1.807) is 14.0 Å². The smallest absolute Gasteiger partial charge is 0.312 e. The van der Waals surface area contributed by atoms with Crippen molar-refractivity contribution >= 4 is 28.4 Å². The molecule has 122 valence electrons. The van der Waals surface area contributed by atoms with Crippen LogP contribution in [0.2, 0.25) is 0 Å². The minimum Gasteiger partial charge on any atom is -0.497 e. The zero-order chi connectivity index (χ0) is 17.0. The second-order valence-electron chi connectivity index (χ2n) is 4.87. The molecule has 0 saturated heterocycles. The number of aryl methyl sites for hydroxylation is 1. The van der Waals surface area contributed by atoms with Crippen LogP contribution in [0.15, 0.2) is 24.3 Å². The Balaban J connectivity index is 2.14. The maximum Gasteiger partial charge on any atom is 0.312 e. The van der Waals surface area contributed by atoms with Crippen LogP contribution in [0.25, 0.3) is 11.3 Å². The van der Waals surface area contributed by atoms with E-state index in [2.05, 4.69) is 15.6 Å². The lowest BCUT2D eigenvalue weighted by molar-refractivity contribution is -0.117. The maximum absolute atomic E-state index is 12.0. The molecule has 1 unspecified atom stereocenters. The van der Waals surface area contributed by atoms with Gasteiger partial charge in [-0.1, -0.05) is 0 Å². The number of thiazole rings is 1. The van der Waals surface area contributed by atoms with E-state index in [0.29, 0.717) is 5.13 Å². The number of anilines is 1. The third-order valence-corrected chi connectivity index (χ3v) is 4.03. The van der Waals surface area contributed by atoms with E-state index in [0.717, 1.165) is 21.9 Å². The molecule has 0 saturated carbocycles. The van der Waals surface area contributed by atoms with E-state index in [1.165, 1.54) is 11.3 Å². The van der Waals surface area contributed by atoms with Crippen LogP contribution in [0.5, 0.6) is 5.75 Å². The van der Waals surface area contributed by atoms with Crippen LogP contribution >= 0.6 is 11.3 Å². The number of hydrogen-bond donors (Lipinski definition) is 3. The largest absolute Gasteiger partial charge is 0.497 e. The predicted octanol–water partition coefficient (Wildman–Crippen LogP) is 2.12. The number of urea groups is 1. The molecule has 0 aliphatic carbocycles. The summed E-state index contributed by atoms with van der Waals surface area (Å²) in [6.45, 7) is 3.48. The van der Waals surface area contributed by atoms with Gasteiger partial charge in [-0.15, -0.1) is 11.3 Å². The summed E-state index contributed by atoms with van der Waals surface area (Å²) in [5, 5.41) is 5.46. The summed E-state index contributed by atoms with van der Waals surface area (Å²) < 4.78 is 5.13. The molecule has 4 N–H and O–H groups in total. The summed E-state index contributed by atoms with van der Waals surface area (Å²) in [5.74, 6) is 0.389. The molecule has 0 spiro atoms. The van der Waals surface area contributed by atoms with Crippen LogP contribution in [0.4, 0.5) is 9.93 Å². The van der Waals surface area contributed by atoms with E-state index in [1.807, 2.05) is 31.2 Å². The van der Waals surface area contributed by atoms with Gasteiger partial charge >= 0.3 is 6.03 Å². The van der Waals surface area contributed by atoms with Crippen LogP contribution in [-0.4, -0.2) is 30.1 Å². The van der Waals surface area contributed by atoms with E-state index in [9.17, 15) is 9.59 Å². The highest BCUT2D eigenvalue weighted by Gasteiger charge is 2.17. The van der Waals surface area contributed by atoms with Crippen LogP contribution < -0.4 is 21.1 Å². The third kappa shape index (κ3) is 4.19. The summed E-state index contributed by atoms with van der Waals surface area (Å²) in [4.78, 5) is 28.1. The van der Waals surface area contributed by atoms with Gasteiger partial charge in [0, 0.05) is 10.4 Å². The number of methoxy groups -OCH3 is 1. The topological polar surface area (TPSA) is 106 Å². The summed E-state index contributed by atoms with van der Waals surface area (Å²) in [7, 11) is 1.61. The average Bonchev–Trinajstić information content (AvgIpc) is 2.87. The van der Waals surface area contributed by atoms with Crippen molar-refractivity contribution in [3.05, 3.63) is 29.1 Å². The minimum atomic E-state index is -0.748. The molecule has 0 radical (unpaired) electrons. The predicted molar refractivity (Wildman–Crippen MR) is 89.6 cm³/mol. The molecule has 0 aliphatic rings. The number of carbonyl (C=O) groups excluding carboxylic acids is 2. The lowest BCUT2D eigenvalue weighted by Crippen LogP contribution is -2.44. The molecule has 0 aliphatic heterocycles. The number of aromatic nitrogens is 1. The SMILES string of the molecule is COc1ccc(-c2nc(NC(=O)C(C)NC(N)=O)sc2C)cc1. The molecule has 3 amide bonds. The Bertz CT molecular complexity index is 712.